The molecule has 0 spiro atoms. The molecule has 2 aliphatic rings. The molecule has 0 saturated carbocycles. The molecule has 1 aliphatic heterocycles. The Bertz CT molecular complexity index is 821. The predicted molar refractivity (Wildman–Crippen MR) is 87.7 cm³/mol. The van der Waals surface area contributed by atoms with E-state index < -0.39 is 0 Å². The lowest BCUT2D eigenvalue weighted by molar-refractivity contribution is 1.03. The van der Waals surface area contributed by atoms with E-state index in [-0.39, 0.29) is 0 Å². The summed E-state index contributed by atoms with van der Waals surface area (Å²) in [6.45, 7) is 0. The molecule has 0 saturated heterocycles. The van der Waals surface area contributed by atoms with Crippen LogP contribution in [0.25, 0.3) is 6.08 Å². The summed E-state index contributed by atoms with van der Waals surface area (Å²) in [6, 6.07) is 8.03. The zero-order chi connectivity index (χ0) is 14.2. The molecule has 2 aromatic rings. The van der Waals surface area contributed by atoms with Gasteiger partial charge in [-0.05, 0) is 35.9 Å². The van der Waals surface area contributed by atoms with Crippen molar-refractivity contribution in [1.82, 2.24) is 9.97 Å². The normalized spacial score (nSPS) is 15.1. The smallest absolute Gasteiger partial charge is 0.137 e. The van der Waals surface area contributed by atoms with Gasteiger partial charge in [0.25, 0.3) is 0 Å². The topological polar surface area (TPSA) is 50.2 Å². The van der Waals surface area contributed by atoms with Gasteiger partial charge in [-0.2, -0.15) is 0 Å². The third-order valence-electron chi connectivity index (χ3n) is 3.53. The van der Waals surface area contributed by atoms with E-state index in [1.165, 1.54) is 5.57 Å². The third-order valence-corrected chi connectivity index (χ3v) is 4.02. The van der Waals surface area contributed by atoms with E-state index in [0.717, 1.165) is 39.4 Å². The lowest BCUT2D eigenvalue weighted by atomic mass is 9.96. The highest BCUT2D eigenvalue weighted by Gasteiger charge is 2.21. The number of fused-ring (bicyclic) bond motifs is 2. The van der Waals surface area contributed by atoms with Crippen LogP contribution >= 0.6 is 15.9 Å². The number of rotatable bonds is 2. The van der Waals surface area contributed by atoms with Crippen molar-refractivity contribution in [3.63, 3.8) is 0 Å². The minimum Gasteiger partial charge on any atom is -0.340 e. The maximum atomic E-state index is 4.40. The van der Waals surface area contributed by atoms with E-state index in [9.17, 15) is 0 Å². The van der Waals surface area contributed by atoms with Crippen molar-refractivity contribution in [2.45, 2.75) is 6.42 Å². The predicted octanol–water partition coefficient (Wildman–Crippen LogP) is 3.89. The second-order valence-electron chi connectivity index (χ2n) is 4.90. The summed E-state index contributed by atoms with van der Waals surface area (Å²) >= 11 is 3.48. The molecule has 1 aromatic heterocycles. The van der Waals surface area contributed by atoms with Crippen LogP contribution in [0.5, 0.6) is 0 Å². The Morgan fingerprint density at radius 1 is 1.19 bits per heavy atom. The van der Waals surface area contributed by atoms with Gasteiger partial charge in [-0.25, -0.2) is 9.97 Å². The van der Waals surface area contributed by atoms with Gasteiger partial charge in [0.1, 0.15) is 12.1 Å². The van der Waals surface area contributed by atoms with Crippen LogP contribution in [0.15, 0.2) is 57.4 Å². The molecule has 5 heteroatoms. The minimum atomic E-state index is 0.804. The minimum absolute atomic E-state index is 0.804. The maximum Gasteiger partial charge on any atom is 0.137 e. The SMILES string of the molecule is Brc1cccc(Nc2ncnc3c2CC2=CC=NC2=C3)c1. The fraction of sp³-hybridized carbons (Fsp3) is 0.0625. The summed E-state index contributed by atoms with van der Waals surface area (Å²) in [7, 11) is 0. The van der Waals surface area contributed by atoms with Gasteiger partial charge < -0.3 is 5.32 Å². The molecule has 4 nitrogen and oxygen atoms in total. The number of hydrogen-bond acceptors (Lipinski definition) is 4. The molecule has 1 aliphatic carbocycles. The van der Waals surface area contributed by atoms with E-state index in [1.54, 1.807) is 6.33 Å². The fourth-order valence-corrected chi connectivity index (χ4v) is 2.91. The number of hydrogen-bond donors (Lipinski definition) is 1. The molecule has 4 rings (SSSR count). The summed E-state index contributed by atoms with van der Waals surface area (Å²) in [6.07, 6.45) is 8.29. The van der Waals surface area contributed by atoms with Crippen molar-refractivity contribution < 1.29 is 0 Å². The van der Waals surface area contributed by atoms with Gasteiger partial charge in [-0.3, -0.25) is 4.99 Å². The number of benzene rings is 1. The Morgan fingerprint density at radius 3 is 3.05 bits per heavy atom. The maximum absolute atomic E-state index is 4.40. The standard InChI is InChI=1S/C16H11BrN4/c17-11-2-1-3-12(7-11)21-16-13-6-10-4-5-18-14(10)8-15(13)19-9-20-16/h1-5,7-9H,6H2,(H,19,20,21). The summed E-state index contributed by atoms with van der Waals surface area (Å²) in [5.74, 6) is 0.848. The monoisotopic (exact) mass is 338 g/mol. The van der Waals surface area contributed by atoms with Gasteiger partial charge in [-0.1, -0.05) is 22.0 Å². The van der Waals surface area contributed by atoms with Gasteiger partial charge in [0.2, 0.25) is 0 Å². The van der Waals surface area contributed by atoms with Gasteiger partial charge in [0.05, 0.1) is 11.4 Å². The van der Waals surface area contributed by atoms with Crippen molar-refractivity contribution in [3.05, 3.63) is 63.7 Å². The molecule has 0 unspecified atom stereocenters. The molecule has 0 radical (unpaired) electrons. The first kappa shape index (κ1) is 12.5. The molecule has 0 atom stereocenters. The molecule has 1 N–H and O–H groups in total. The van der Waals surface area contributed by atoms with E-state index in [0.29, 0.717) is 0 Å². The highest BCUT2D eigenvalue weighted by molar-refractivity contribution is 9.10. The van der Waals surface area contributed by atoms with Crippen LogP contribution in [0.1, 0.15) is 11.3 Å². The number of allylic oxidation sites excluding steroid dienone is 2. The summed E-state index contributed by atoms with van der Waals surface area (Å²) < 4.78 is 1.03. The first-order chi connectivity index (χ1) is 10.3. The highest BCUT2D eigenvalue weighted by atomic mass is 79.9. The van der Waals surface area contributed by atoms with Crippen molar-refractivity contribution in [1.29, 1.82) is 0 Å². The zero-order valence-electron chi connectivity index (χ0n) is 11.0. The lowest BCUT2D eigenvalue weighted by Crippen LogP contribution is -2.08. The van der Waals surface area contributed by atoms with Gasteiger partial charge in [0, 0.05) is 28.4 Å². The third kappa shape index (κ3) is 2.29. The zero-order valence-corrected chi connectivity index (χ0v) is 12.6. The molecule has 102 valence electrons. The first-order valence-electron chi connectivity index (χ1n) is 6.61. The molecular formula is C16H11BrN4. The number of nitrogens with one attached hydrogen (secondary N) is 1. The Hall–Kier alpha value is -2.27. The lowest BCUT2D eigenvalue weighted by Gasteiger charge is -2.17. The average molecular weight is 339 g/mol. The van der Waals surface area contributed by atoms with Crippen molar-refractivity contribution in [2.75, 3.05) is 5.32 Å². The second-order valence-corrected chi connectivity index (χ2v) is 5.81. The quantitative estimate of drug-likeness (QED) is 0.903. The Kier molecular flexibility index (Phi) is 2.93. The van der Waals surface area contributed by atoms with Crippen LogP contribution in [-0.4, -0.2) is 16.2 Å². The van der Waals surface area contributed by atoms with Crippen molar-refractivity contribution in [2.24, 2.45) is 4.99 Å². The van der Waals surface area contributed by atoms with Crippen LogP contribution in [0.4, 0.5) is 11.5 Å². The largest absolute Gasteiger partial charge is 0.340 e. The summed E-state index contributed by atoms with van der Waals surface area (Å²) in [4.78, 5) is 13.1. The Morgan fingerprint density at radius 2 is 2.14 bits per heavy atom. The van der Waals surface area contributed by atoms with E-state index in [1.807, 2.05) is 42.6 Å². The summed E-state index contributed by atoms with van der Waals surface area (Å²) in [5.41, 5.74) is 5.27. The number of aromatic nitrogens is 2. The molecule has 0 bridgehead atoms. The molecule has 21 heavy (non-hydrogen) atoms. The van der Waals surface area contributed by atoms with Gasteiger partial charge >= 0.3 is 0 Å². The molecule has 2 heterocycles. The first-order valence-corrected chi connectivity index (χ1v) is 7.41. The van der Waals surface area contributed by atoms with Crippen LogP contribution in [0, 0.1) is 0 Å². The van der Waals surface area contributed by atoms with Gasteiger partial charge in [0.15, 0.2) is 0 Å². The molecular weight excluding hydrogens is 328 g/mol. The molecule has 0 fully saturated rings. The van der Waals surface area contributed by atoms with Gasteiger partial charge in [-0.15, -0.1) is 0 Å². The van der Waals surface area contributed by atoms with Crippen LogP contribution < -0.4 is 5.32 Å². The number of anilines is 2. The Balaban J connectivity index is 1.74. The van der Waals surface area contributed by atoms with E-state index in [2.05, 4.69) is 36.2 Å². The van der Waals surface area contributed by atoms with Crippen LogP contribution in [0.3, 0.4) is 0 Å². The van der Waals surface area contributed by atoms with Crippen molar-refractivity contribution >= 4 is 39.7 Å². The van der Waals surface area contributed by atoms with E-state index in [4.69, 9.17) is 0 Å². The molecule has 0 amide bonds. The number of aliphatic imine (C=N–C) groups is 1. The van der Waals surface area contributed by atoms with E-state index >= 15 is 0 Å². The fourth-order valence-electron chi connectivity index (χ4n) is 2.51. The second kappa shape index (κ2) is 4.93. The Labute approximate surface area is 130 Å². The highest BCUT2D eigenvalue weighted by Crippen LogP contribution is 2.33. The van der Waals surface area contributed by atoms with Crippen LogP contribution in [-0.2, 0) is 6.42 Å². The van der Waals surface area contributed by atoms with Crippen molar-refractivity contribution in [3.8, 4) is 0 Å². The number of nitrogens with zero attached hydrogens (tertiary/aromatic N) is 3. The summed E-state index contributed by atoms with van der Waals surface area (Å²) in [5, 5.41) is 3.37. The number of halogens is 1. The average Bonchev–Trinajstić information content (AvgIpc) is 2.93. The van der Waals surface area contributed by atoms with Crippen LogP contribution in [0.2, 0.25) is 0 Å². The molecule has 1 aromatic carbocycles.